The Morgan fingerprint density at radius 3 is 2.74 bits per heavy atom. The number of nitrogens with two attached hydrogens (primary N) is 1. The quantitative estimate of drug-likeness (QED) is 0.904. The molecule has 7 heteroatoms. The number of aromatic nitrogens is 1. The molecule has 0 amide bonds. The van der Waals surface area contributed by atoms with Crippen LogP contribution < -0.4 is 10.5 Å². The second kappa shape index (κ2) is 5.11. The molecule has 0 saturated carbocycles. The van der Waals surface area contributed by atoms with Crippen molar-refractivity contribution in [2.45, 2.75) is 0 Å². The fourth-order valence-corrected chi connectivity index (χ4v) is 1.52. The van der Waals surface area contributed by atoms with Gasteiger partial charge in [0.2, 0.25) is 5.88 Å². The first-order valence-electron chi connectivity index (χ1n) is 5.10. The average Bonchev–Trinajstić information content (AvgIpc) is 2.34. The molecule has 0 aliphatic heterocycles. The Labute approximate surface area is 112 Å². The van der Waals surface area contributed by atoms with Crippen LogP contribution in [0.3, 0.4) is 0 Å². The molecule has 0 aliphatic rings. The fourth-order valence-electron chi connectivity index (χ4n) is 1.31. The number of carboxylic acids is 1. The number of halogens is 2. The Kier molecular flexibility index (Phi) is 3.52. The van der Waals surface area contributed by atoms with Crippen LogP contribution in [-0.2, 0) is 0 Å². The van der Waals surface area contributed by atoms with Gasteiger partial charge < -0.3 is 15.6 Å². The molecule has 19 heavy (non-hydrogen) atoms. The van der Waals surface area contributed by atoms with Gasteiger partial charge >= 0.3 is 5.97 Å². The number of anilines is 1. The van der Waals surface area contributed by atoms with Crippen LogP contribution in [0, 0.1) is 5.82 Å². The van der Waals surface area contributed by atoms with E-state index < -0.39 is 11.8 Å². The Morgan fingerprint density at radius 2 is 2.11 bits per heavy atom. The maximum atomic E-state index is 12.9. The van der Waals surface area contributed by atoms with E-state index in [2.05, 4.69) is 4.98 Å². The van der Waals surface area contributed by atoms with Crippen LogP contribution in [0.2, 0.25) is 5.02 Å². The molecule has 0 radical (unpaired) electrons. The van der Waals surface area contributed by atoms with Crippen molar-refractivity contribution in [3.05, 3.63) is 46.9 Å². The van der Waals surface area contributed by atoms with E-state index in [0.717, 1.165) is 12.1 Å². The maximum Gasteiger partial charge on any atom is 0.354 e. The van der Waals surface area contributed by atoms with Crippen molar-refractivity contribution in [3.63, 3.8) is 0 Å². The molecule has 0 bridgehead atoms. The van der Waals surface area contributed by atoms with E-state index >= 15 is 0 Å². The Hall–Kier alpha value is -2.34. The number of nitrogens with zero attached hydrogens (tertiary/aromatic N) is 1. The topological polar surface area (TPSA) is 85.4 Å². The van der Waals surface area contributed by atoms with Crippen molar-refractivity contribution < 1.29 is 19.0 Å². The van der Waals surface area contributed by atoms with Gasteiger partial charge in [0.15, 0.2) is 5.69 Å². The van der Waals surface area contributed by atoms with Gasteiger partial charge in [-0.3, -0.25) is 0 Å². The second-order valence-electron chi connectivity index (χ2n) is 3.57. The number of ether oxygens (including phenoxy) is 1. The summed E-state index contributed by atoms with van der Waals surface area (Å²) in [6, 6.07) is 6.11. The van der Waals surface area contributed by atoms with Gasteiger partial charge in [-0.15, -0.1) is 0 Å². The zero-order chi connectivity index (χ0) is 14.0. The van der Waals surface area contributed by atoms with Gasteiger partial charge in [-0.25, -0.2) is 14.2 Å². The minimum atomic E-state index is -1.21. The summed E-state index contributed by atoms with van der Waals surface area (Å²) < 4.78 is 18.2. The highest BCUT2D eigenvalue weighted by Gasteiger charge is 2.12. The van der Waals surface area contributed by atoms with Gasteiger partial charge in [0.25, 0.3) is 0 Å². The SMILES string of the molecule is Nc1ccc(C(=O)O)nc1Oc1ccc(F)cc1Cl. The summed E-state index contributed by atoms with van der Waals surface area (Å²) in [7, 11) is 0. The van der Waals surface area contributed by atoms with Crippen molar-refractivity contribution >= 4 is 23.3 Å². The molecule has 1 aromatic carbocycles. The average molecular weight is 283 g/mol. The molecule has 2 rings (SSSR count). The molecular formula is C12H8ClFN2O3. The summed E-state index contributed by atoms with van der Waals surface area (Å²) in [5.74, 6) is -1.70. The Morgan fingerprint density at radius 1 is 1.37 bits per heavy atom. The summed E-state index contributed by atoms with van der Waals surface area (Å²) in [4.78, 5) is 14.5. The van der Waals surface area contributed by atoms with Crippen molar-refractivity contribution in [1.82, 2.24) is 4.98 Å². The van der Waals surface area contributed by atoms with Gasteiger partial charge in [-0.05, 0) is 30.3 Å². The molecule has 5 nitrogen and oxygen atoms in total. The lowest BCUT2D eigenvalue weighted by Crippen LogP contribution is -2.03. The molecular weight excluding hydrogens is 275 g/mol. The van der Waals surface area contributed by atoms with E-state index in [4.69, 9.17) is 27.2 Å². The first kappa shape index (κ1) is 13.1. The van der Waals surface area contributed by atoms with E-state index in [1.165, 1.54) is 18.2 Å². The molecule has 0 unspecified atom stereocenters. The number of nitrogen functional groups attached to an aromatic ring is 1. The summed E-state index contributed by atoms with van der Waals surface area (Å²) >= 11 is 5.78. The summed E-state index contributed by atoms with van der Waals surface area (Å²) in [6.07, 6.45) is 0. The third kappa shape index (κ3) is 2.92. The fraction of sp³-hybridized carbons (Fsp3) is 0. The summed E-state index contributed by atoms with van der Waals surface area (Å²) in [5.41, 5.74) is 5.54. The first-order valence-corrected chi connectivity index (χ1v) is 5.48. The number of hydrogen-bond acceptors (Lipinski definition) is 4. The molecule has 0 spiro atoms. The lowest BCUT2D eigenvalue weighted by atomic mass is 10.3. The normalized spacial score (nSPS) is 10.2. The van der Waals surface area contributed by atoms with Gasteiger partial charge in [-0.2, -0.15) is 0 Å². The van der Waals surface area contributed by atoms with Crippen molar-refractivity contribution in [3.8, 4) is 11.6 Å². The molecule has 0 saturated heterocycles. The van der Waals surface area contributed by atoms with Crippen LogP contribution in [0.4, 0.5) is 10.1 Å². The standard InChI is InChI=1S/C12H8ClFN2O3/c13-7-5-6(14)1-4-10(7)19-11-8(15)2-3-9(16-11)12(17)18/h1-5H,15H2,(H,17,18). The van der Waals surface area contributed by atoms with Crippen LogP contribution in [0.5, 0.6) is 11.6 Å². The van der Waals surface area contributed by atoms with E-state index in [9.17, 15) is 9.18 Å². The van der Waals surface area contributed by atoms with Crippen molar-refractivity contribution in [2.24, 2.45) is 0 Å². The number of hydrogen-bond donors (Lipinski definition) is 2. The first-order chi connectivity index (χ1) is 8.97. The van der Waals surface area contributed by atoms with Gasteiger partial charge in [0, 0.05) is 0 Å². The highest BCUT2D eigenvalue weighted by Crippen LogP contribution is 2.31. The molecule has 3 N–H and O–H groups in total. The van der Waals surface area contributed by atoms with Crippen LogP contribution >= 0.6 is 11.6 Å². The van der Waals surface area contributed by atoms with E-state index in [1.807, 2.05) is 0 Å². The number of carboxylic acid groups (broad SMARTS) is 1. The summed E-state index contributed by atoms with van der Waals surface area (Å²) in [5, 5.41) is 8.85. The zero-order valence-corrected chi connectivity index (χ0v) is 10.2. The van der Waals surface area contributed by atoms with Gasteiger partial charge in [0.05, 0.1) is 10.7 Å². The second-order valence-corrected chi connectivity index (χ2v) is 3.98. The van der Waals surface area contributed by atoms with Crippen LogP contribution in [0.15, 0.2) is 30.3 Å². The Balaban J connectivity index is 2.37. The minimum absolute atomic E-state index is 0.0296. The monoisotopic (exact) mass is 282 g/mol. The maximum absolute atomic E-state index is 12.9. The number of benzene rings is 1. The number of pyridine rings is 1. The molecule has 0 fully saturated rings. The van der Waals surface area contributed by atoms with Gasteiger partial charge in [-0.1, -0.05) is 11.6 Å². The smallest absolute Gasteiger partial charge is 0.354 e. The zero-order valence-electron chi connectivity index (χ0n) is 9.43. The summed E-state index contributed by atoms with van der Waals surface area (Å²) in [6.45, 7) is 0. The number of aromatic carboxylic acids is 1. The molecule has 0 atom stereocenters. The highest BCUT2D eigenvalue weighted by atomic mass is 35.5. The van der Waals surface area contributed by atoms with E-state index in [0.29, 0.717) is 0 Å². The third-order valence-electron chi connectivity index (χ3n) is 2.21. The molecule has 98 valence electrons. The van der Waals surface area contributed by atoms with Crippen LogP contribution in [0.25, 0.3) is 0 Å². The third-order valence-corrected chi connectivity index (χ3v) is 2.50. The molecule has 0 aliphatic carbocycles. The molecule has 1 heterocycles. The Bertz CT molecular complexity index is 649. The van der Waals surface area contributed by atoms with Crippen molar-refractivity contribution in [1.29, 1.82) is 0 Å². The minimum Gasteiger partial charge on any atom is -0.477 e. The lowest BCUT2D eigenvalue weighted by molar-refractivity contribution is 0.0689. The molecule has 2 aromatic rings. The van der Waals surface area contributed by atoms with Crippen molar-refractivity contribution in [2.75, 3.05) is 5.73 Å². The molecule has 1 aromatic heterocycles. The van der Waals surface area contributed by atoms with Gasteiger partial charge in [0.1, 0.15) is 11.6 Å². The van der Waals surface area contributed by atoms with Crippen LogP contribution in [0.1, 0.15) is 10.5 Å². The van der Waals surface area contributed by atoms with Crippen LogP contribution in [-0.4, -0.2) is 16.1 Å². The largest absolute Gasteiger partial charge is 0.477 e. The number of rotatable bonds is 3. The van der Waals surface area contributed by atoms with E-state index in [-0.39, 0.29) is 28.0 Å². The predicted molar refractivity (Wildman–Crippen MR) is 67.1 cm³/mol. The predicted octanol–water partition coefficient (Wildman–Crippen LogP) is 2.95. The number of carbonyl (C=O) groups is 1. The highest BCUT2D eigenvalue weighted by molar-refractivity contribution is 6.32. The lowest BCUT2D eigenvalue weighted by Gasteiger charge is -2.09. The van der Waals surface area contributed by atoms with E-state index in [1.54, 1.807) is 0 Å².